The van der Waals surface area contributed by atoms with Crippen LogP contribution in [0.25, 0.3) is 0 Å². The summed E-state index contributed by atoms with van der Waals surface area (Å²) in [6.07, 6.45) is 1.54. The predicted octanol–water partition coefficient (Wildman–Crippen LogP) is 2.96. The van der Waals surface area contributed by atoms with E-state index in [-0.39, 0.29) is 15.9 Å². The highest BCUT2D eigenvalue weighted by Crippen LogP contribution is 2.21. The molecule has 0 saturated heterocycles. The maximum atomic E-state index is 10.8. The third kappa shape index (κ3) is 3.17. The maximum Gasteiger partial charge on any atom is 0.272 e. The number of rotatable bonds is 4. The van der Waals surface area contributed by atoms with Crippen LogP contribution in [0.15, 0.2) is 30.5 Å². The van der Waals surface area contributed by atoms with E-state index in [9.17, 15) is 10.1 Å². The number of hydrogen-bond donors (Lipinski definition) is 1. The van der Waals surface area contributed by atoms with Gasteiger partial charge in [0.1, 0.15) is 5.82 Å². The molecular formula is C12H11ClN4O2. The van der Waals surface area contributed by atoms with Crippen LogP contribution in [-0.4, -0.2) is 14.9 Å². The lowest BCUT2D eigenvalue weighted by Gasteiger charge is -2.08. The van der Waals surface area contributed by atoms with Gasteiger partial charge in [-0.2, -0.15) is 0 Å². The highest BCUT2D eigenvalue weighted by Gasteiger charge is 2.12. The van der Waals surface area contributed by atoms with E-state index in [2.05, 4.69) is 15.3 Å². The molecule has 0 radical (unpaired) electrons. The molecule has 1 heterocycles. The van der Waals surface area contributed by atoms with Crippen molar-refractivity contribution in [3.05, 3.63) is 57.0 Å². The summed E-state index contributed by atoms with van der Waals surface area (Å²) in [7, 11) is 0. The molecule has 0 saturated carbocycles. The zero-order valence-electron chi connectivity index (χ0n) is 10.1. The van der Waals surface area contributed by atoms with Crippen molar-refractivity contribution in [2.75, 3.05) is 5.32 Å². The molecule has 1 aromatic carbocycles. The average molecular weight is 279 g/mol. The van der Waals surface area contributed by atoms with Crippen molar-refractivity contribution in [3.63, 3.8) is 0 Å². The second kappa shape index (κ2) is 5.62. The van der Waals surface area contributed by atoms with Crippen molar-refractivity contribution in [3.8, 4) is 0 Å². The van der Waals surface area contributed by atoms with E-state index in [1.807, 2.05) is 6.07 Å². The number of nitrogens with one attached hydrogen (secondary N) is 1. The van der Waals surface area contributed by atoms with Crippen LogP contribution in [0.3, 0.4) is 0 Å². The van der Waals surface area contributed by atoms with Crippen molar-refractivity contribution in [1.82, 2.24) is 9.97 Å². The van der Waals surface area contributed by atoms with Gasteiger partial charge in [-0.05, 0) is 30.2 Å². The van der Waals surface area contributed by atoms with Crippen LogP contribution < -0.4 is 5.32 Å². The number of nitro groups is 1. The van der Waals surface area contributed by atoms with E-state index in [4.69, 9.17) is 11.6 Å². The van der Waals surface area contributed by atoms with Gasteiger partial charge in [0.15, 0.2) is 0 Å². The molecule has 0 aliphatic rings. The van der Waals surface area contributed by atoms with Gasteiger partial charge in [0.25, 0.3) is 5.69 Å². The fraction of sp³-hybridized carbons (Fsp3) is 0.167. The van der Waals surface area contributed by atoms with E-state index in [1.165, 1.54) is 12.3 Å². The van der Waals surface area contributed by atoms with Gasteiger partial charge in [-0.1, -0.05) is 12.1 Å². The Bertz CT molecular complexity index is 618. The highest BCUT2D eigenvalue weighted by molar-refractivity contribution is 6.28. The minimum Gasteiger partial charge on any atom is -0.366 e. The highest BCUT2D eigenvalue weighted by atomic mass is 35.5. The van der Waals surface area contributed by atoms with Crippen molar-refractivity contribution in [2.45, 2.75) is 13.5 Å². The number of hydrogen-bond acceptors (Lipinski definition) is 5. The molecule has 0 bridgehead atoms. The van der Waals surface area contributed by atoms with Gasteiger partial charge in [0.2, 0.25) is 5.28 Å². The lowest BCUT2D eigenvalue weighted by atomic mass is 10.1. The first-order valence-corrected chi connectivity index (χ1v) is 5.91. The topological polar surface area (TPSA) is 81.0 Å². The van der Waals surface area contributed by atoms with Gasteiger partial charge in [-0.3, -0.25) is 10.1 Å². The molecule has 0 aliphatic heterocycles. The quantitative estimate of drug-likeness (QED) is 0.528. The van der Waals surface area contributed by atoms with E-state index in [1.54, 1.807) is 19.1 Å². The summed E-state index contributed by atoms with van der Waals surface area (Å²) in [4.78, 5) is 18.2. The molecule has 1 N–H and O–H groups in total. The van der Waals surface area contributed by atoms with Crippen LogP contribution in [0.1, 0.15) is 11.1 Å². The third-order valence-corrected chi connectivity index (χ3v) is 2.88. The molecule has 0 atom stereocenters. The first kappa shape index (κ1) is 13.2. The molecule has 19 heavy (non-hydrogen) atoms. The summed E-state index contributed by atoms with van der Waals surface area (Å²) < 4.78 is 0. The number of benzene rings is 1. The van der Waals surface area contributed by atoms with Gasteiger partial charge in [0, 0.05) is 24.4 Å². The van der Waals surface area contributed by atoms with Gasteiger partial charge >= 0.3 is 0 Å². The molecule has 0 aliphatic carbocycles. The largest absolute Gasteiger partial charge is 0.366 e. The molecule has 1 aromatic heterocycles. The molecule has 6 nitrogen and oxygen atoms in total. The Hall–Kier alpha value is -2.21. The summed E-state index contributed by atoms with van der Waals surface area (Å²) in [5.41, 5.74) is 1.59. The van der Waals surface area contributed by atoms with Crippen LogP contribution in [0.5, 0.6) is 0 Å². The minimum absolute atomic E-state index is 0.111. The predicted molar refractivity (Wildman–Crippen MR) is 72.2 cm³/mol. The zero-order chi connectivity index (χ0) is 13.8. The molecule has 98 valence electrons. The second-order valence-electron chi connectivity index (χ2n) is 3.88. The smallest absolute Gasteiger partial charge is 0.272 e. The summed E-state index contributed by atoms with van der Waals surface area (Å²) in [5.74, 6) is 0.575. The molecule has 0 fully saturated rings. The summed E-state index contributed by atoms with van der Waals surface area (Å²) in [6.45, 7) is 2.16. The average Bonchev–Trinajstić information content (AvgIpc) is 2.37. The second-order valence-corrected chi connectivity index (χ2v) is 4.22. The van der Waals surface area contributed by atoms with Gasteiger partial charge in [0.05, 0.1) is 4.92 Å². The number of aromatic nitrogens is 2. The van der Waals surface area contributed by atoms with E-state index >= 15 is 0 Å². The summed E-state index contributed by atoms with van der Waals surface area (Å²) in [5, 5.41) is 14.0. The van der Waals surface area contributed by atoms with E-state index in [0.29, 0.717) is 17.9 Å². The Labute approximate surface area is 114 Å². The molecule has 2 rings (SSSR count). The number of nitro benzene ring substituents is 1. The first-order valence-electron chi connectivity index (χ1n) is 5.53. The van der Waals surface area contributed by atoms with Gasteiger partial charge in [-0.25, -0.2) is 9.97 Å². The standard InChI is InChI=1S/C12H11ClN4O2/c1-8-9(3-2-4-10(8)17(18)19)7-15-11-5-6-14-12(13)16-11/h2-6H,7H2,1H3,(H,14,15,16). The molecule has 0 unspecified atom stereocenters. The Balaban J connectivity index is 2.16. The Morgan fingerprint density at radius 3 is 2.89 bits per heavy atom. The van der Waals surface area contributed by atoms with Crippen molar-refractivity contribution in [2.24, 2.45) is 0 Å². The van der Waals surface area contributed by atoms with Crippen molar-refractivity contribution >= 4 is 23.1 Å². The van der Waals surface area contributed by atoms with Gasteiger partial charge < -0.3 is 5.32 Å². The van der Waals surface area contributed by atoms with Crippen molar-refractivity contribution in [1.29, 1.82) is 0 Å². The van der Waals surface area contributed by atoms with Crippen LogP contribution in [-0.2, 0) is 6.54 Å². The Morgan fingerprint density at radius 2 is 2.21 bits per heavy atom. The lowest BCUT2D eigenvalue weighted by Crippen LogP contribution is -2.04. The SMILES string of the molecule is Cc1c(CNc2ccnc(Cl)n2)cccc1[N+](=O)[O-]. The number of nitrogens with zero attached hydrogens (tertiary/aromatic N) is 3. The maximum absolute atomic E-state index is 10.8. The molecule has 0 spiro atoms. The summed E-state index contributed by atoms with van der Waals surface area (Å²) >= 11 is 5.67. The lowest BCUT2D eigenvalue weighted by molar-refractivity contribution is -0.385. The number of halogens is 1. The normalized spacial score (nSPS) is 10.2. The zero-order valence-corrected chi connectivity index (χ0v) is 10.9. The van der Waals surface area contributed by atoms with Crippen LogP contribution in [0, 0.1) is 17.0 Å². The van der Waals surface area contributed by atoms with Crippen molar-refractivity contribution < 1.29 is 4.92 Å². The molecule has 2 aromatic rings. The fourth-order valence-corrected chi connectivity index (χ4v) is 1.83. The first-order chi connectivity index (χ1) is 9.08. The van der Waals surface area contributed by atoms with Crippen LogP contribution in [0.2, 0.25) is 5.28 Å². The molecule has 0 amide bonds. The molecule has 7 heteroatoms. The molecular weight excluding hydrogens is 268 g/mol. The monoisotopic (exact) mass is 278 g/mol. The van der Waals surface area contributed by atoms with Crippen LogP contribution >= 0.6 is 11.6 Å². The van der Waals surface area contributed by atoms with E-state index in [0.717, 1.165) is 5.56 Å². The van der Waals surface area contributed by atoms with Crippen LogP contribution in [0.4, 0.5) is 11.5 Å². The fourth-order valence-electron chi connectivity index (χ4n) is 1.68. The minimum atomic E-state index is -0.389. The van der Waals surface area contributed by atoms with E-state index < -0.39 is 0 Å². The Kier molecular flexibility index (Phi) is 3.91. The number of anilines is 1. The van der Waals surface area contributed by atoms with Gasteiger partial charge in [-0.15, -0.1) is 0 Å². The third-order valence-electron chi connectivity index (χ3n) is 2.70. The summed E-state index contributed by atoms with van der Waals surface area (Å²) in [6, 6.07) is 6.66. The Morgan fingerprint density at radius 1 is 1.42 bits per heavy atom.